The Morgan fingerprint density at radius 3 is 2.79 bits per heavy atom. The molecule has 0 fully saturated rings. The predicted octanol–water partition coefficient (Wildman–Crippen LogP) is 3.26. The lowest BCUT2D eigenvalue weighted by molar-refractivity contribution is 0.524. The summed E-state index contributed by atoms with van der Waals surface area (Å²) in [5, 5.41) is 3.43. The zero-order valence-corrected chi connectivity index (χ0v) is 9.31. The van der Waals surface area contributed by atoms with Gasteiger partial charge in [-0.25, -0.2) is 0 Å². The molecule has 2 nitrogen and oxygen atoms in total. The van der Waals surface area contributed by atoms with Crippen molar-refractivity contribution < 1.29 is 4.42 Å². The van der Waals surface area contributed by atoms with Crippen LogP contribution in [0, 0.1) is 6.92 Å². The smallest absolute Gasteiger partial charge is 0.105 e. The summed E-state index contributed by atoms with van der Waals surface area (Å²) in [6.07, 6.45) is 7.04. The molecule has 0 aliphatic rings. The van der Waals surface area contributed by atoms with E-state index in [1.807, 2.05) is 13.0 Å². The first-order valence-corrected chi connectivity index (χ1v) is 5.58. The van der Waals surface area contributed by atoms with Crippen LogP contribution in [0.3, 0.4) is 0 Å². The van der Waals surface area contributed by atoms with Crippen molar-refractivity contribution in [3.8, 4) is 0 Å². The minimum Gasteiger partial charge on any atom is -0.469 e. The zero-order valence-electron chi connectivity index (χ0n) is 9.31. The van der Waals surface area contributed by atoms with Gasteiger partial charge in [-0.05, 0) is 26.0 Å². The third-order valence-corrected chi connectivity index (χ3v) is 2.49. The molecule has 0 radical (unpaired) electrons. The van der Waals surface area contributed by atoms with Crippen molar-refractivity contribution >= 4 is 0 Å². The molecular formula is C12H21NO. The maximum absolute atomic E-state index is 5.22. The van der Waals surface area contributed by atoms with Gasteiger partial charge < -0.3 is 9.73 Å². The highest BCUT2D eigenvalue weighted by Crippen LogP contribution is 2.07. The Labute approximate surface area is 86.7 Å². The van der Waals surface area contributed by atoms with Crippen LogP contribution in [0.15, 0.2) is 16.7 Å². The summed E-state index contributed by atoms with van der Waals surface area (Å²) in [5.41, 5.74) is 1.28. The number of nitrogens with one attached hydrogen (secondary N) is 1. The topological polar surface area (TPSA) is 25.2 Å². The van der Waals surface area contributed by atoms with Crippen molar-refractivity contribution in [1.29, 1.82) is 0 Å². The zero-order chi connectivity index (χ0) is 10.2. The van der Waals surface area contributed by atoms with Gasteiger partial charge in [0.1, 0.15) is 5.76 Å². The van der Waals surface area contributed by atoms with Gasteiger partial charge in [0.15, 0.2) is 0 Å². The first-order valence-electron chi connectivity index (χ1n) is 5.58. The van der Waals surface area contributed by atoms with E-state index < -0.39 is 0 Å². The normalized spacial score (nSPS) is 10.7. The second kappa shape index (κ2) is 6.66. The first-order chi connectivity index (χ1) is 6.84. The van der Waals surface area contributed by atoms with Gasteiger partial charge >= 0.3 is 0 Å². The van der Waals surface area contributed by atoms with Gasteiger partial charge in [-0.15, -0.1) is 0 Å². The van der Waals surface area contributed by atoms with Gasteiger partial charge in [-0.2, -0.15) is 0 Å². The maximum atomic E-state index is 5.22. The van der Waals surface area contributed by atoms with Gasteiger partial charge in [0.2, 0.25) is 0 Å². The van der Waals surface area contributed by atoms with E-state index in [4.69, 9.17) is 4.42 Å². The molecule has 1 aromatic rings. The molecule has 1 heterocycles. The average molecular weight is 195 g/mol. The maximum Gasteiger partial charge on any atom is 0.105 e. The van der Waals surface area contributed by atoms with E-state index in [9.17, 15) is 0 Å². The van der Waals surface area contributed by atoms with E-state index >= 15 is 0 Å². The number of unbranched alkanes of at least 4 members (excludes halogenated alkanes) is 3. The van der Waals surface area contributed by atoms with Crippen molar-refractivity contribution in [2.75, 3.05) is 6.54 Å². The molecular weight excluding hydrogens is 174 g/mol. The SMILES string of the molecule is CCCCCCNCc1ccoc1C. The Morgan fingerprint density at radius 1 is 1.29 bits per heavy atom. The van der Waals surface area contributed by atoms with E-state index in [2.05, 4.69) is 12.2 Å². The van der Waals surface area contributed by atoms with E-state index in [0.717, 1.165) is 18.8 Å². The third kappa shape index (κ3) is 3.97. The van der Waals surface area contributed by atoms with E-state index in [1.54, 1.807) is 6.26 Å². The van der Waals surface area contributed by atoms with Gasteiger partial charge in [-0.1, -0.05) is 26.2 Å². The van der Waals surface area contributed by atoms with Crippen LogP contribution in [0.1, 0.15) is 43.9 Å². The van der Waals surface area contributed by atoms with Crippen molar-refractivity contribution in [2.45, 2.75) is 46.1 Å². The van der Waals surface area contributed by atoms with Crippen LogP contribution in [0.5, 0.6) is 0 Å². The minimum atomic E-state index is 0.939. The van der Waals surface area contributed by atoms with Crippen LogP contribution < -0.4 is 5.32 Å². The van der Waals surface area contributed by atoms with Gasteiger partial charge in [0.05, 0.1) is 6.26 Å². The second-order valence-corrected chi connectivity index (χ2v) is 3.74. The molecule has 1 rings (SSSR count). The minimum absolute atomic E-state index is 0.939. The van der Waals surface area contributed by atoms with Gasteiger partial charge in [0, 0.05) is 12.1 Å². The number of furan rings is 1. The molecule has 0 aromatic carbocycles. The summed E-state index contributed by atoms with van der Waals surface area (Å²) in [4.78, 5) is 0. The lowest BCUT2D eigenvalue weighted by atomic mass is 10.2. The number of hydrogen-bond donors (Lipinski definition) is 1. The highest BCUT2D eigenvalue weighted by Gasteiger charge is 1.99. The Balaban J connectivity index is 2.02. The lowest BCUT2D eigenvalue weighted by Gasteiger charge is -2.03. The molecule has 14 heavy (non-hydrogen) atoms. The third-order valence-electron chi connectivity index (χ3n) is 2.49. The van der Waals surface area contributed by atoms with Crippen LogP contribution in [0.25, 0.3) is 0 Å². The number of hydrogen-bond acceptors (Lipinski definition) is 2. The molecule has 80 valence electrons. The molecule has 0 unspecified atom stereocenters. The summed E-state index contributed by atoms with van der Waals surface area (Å²) in [6.45, 7) is 6.30. The van der Waals surface area contributed by atoms with Gasteiger partial charge in [-0.3, -0.25) is 0 Å². The molecule has 0 amide bonds. The summed E-state index contributed by atoms with van der Waals surface area (Å²) in [5.74, 6) is 1.03. The van der Waals surface area contributed by atoms with Crippen molar-refractivity contribution in [1.82, 2.24) is 5.32 Å². The molecule has 1 aromatic heterocycles. The molecule has 0 spiro atoms. The van der Waals surface area contributed by atoms with Crippen LogP contribution >= 0.6 is 0 Å². The van der Waals surface area contributed by atoms with Crippen LogP contribution in [0.2, 0.25) is 0 Å². The standard InChI is InChI=1S/C12H21NO/c1-3-4-5-6-8-13-10-12-7-9-14-11(12)2/h7,9,13H,3-6,8,10H2,1-2H3. The quantitative estimate of drug-likeness (QED) is 0.675. The van der Waals surface area contributed by atoms with Crippen LogP contribution in [-0.2, 0) is 6.54 Å². The molecule has 0 saturated carbocycles. The van der Waals surface area contributed by atoms with Crippen molar-refractivity contribution in [3.05, 3.63) is 23.7 Å². The molecule has 2 heteroatoms. The Kier molecular flexibility index (Phi) is 5.38. The molecule has 0 atom stereocenters. The largest absolute Gasteiger partial charge is 0.469 e. The second-order valence-electron chi connectivity index (χ2n) is 3.74. The first kappa shape index (κ1) is 11.3. The van der Waals surface area contributed by atoms with Gasteiger partial charge in [0.25, 0.3) is 0 Å². The van der Waals surface area contributed by atoms with E-state index in [0.29, 0.717) is 0 Å². The fraction of sp³-hybridized carbons (Fsp3) is 0.667. The van der Waals surface area contributed by atoms with E-state index in [1.165, 1.54) is 31.2 Å². The summed E-state index contributed by atoms with van der Waals surface area (Å²) >= 11 is 0. The van der Waals surface area contributed by atoms with Crippen LogP contribution in [0.4, 0.5) is 0 Å². The van der Waals surface area contributed by atoms with Crippen molar-refractivity contribution in [3.63, 3.8) is 0 Å². The summed E-state index contributed by atoms with van der Waals surface area (Å²) < 4.78 is 5.22. The van der Waals surface area contributed by atoms with Crippen LogP contribution in [-0.4, -0.2) is 6.54 Å². The Bertz CT molecular complexity index is 242. The highest BCUT2D eigenvalue weighted by molar-refractivity contribution is 5.14. The molecule has 0 aliphatic heterocycles. The number of aryl methyl sites for hydroxylation is 1. The molecule has 0 bridgehead atoms. The fourth-order valence-electron chi connectivity index (χ4n) is 1.49. The highest BCUT2D eigenvalue weighted by atomic mass is 16.3. The summed E-state index contributed by atoms with van der Waals surface area (Å²) in [6, 6.07) is 2.04. The fourth-order valence-corrected chi connectivity index (χ4v) is 1.49. The Hall–Kier alpha value is -0.760. The van der Waals surface area contributed by atoms with E-state index in [-0.39, 0.29) is 0 Å². The monoisotopic (exact) mass is 195 g/mol. The molecule has 0 saturated heterocycles. The average Bonchev–Trinajstić information content (AvgIpc) is 2.58. The lowest BCUT2D eigenvalue weighted by Crippen LogP contribution is -2.14. The Morgan fingerprint density at radius 2 is 2.14 bits per heavy atom. The molecule has 0 aliphatic carbocycles. The summed E-state index contributed by atoms with van der Waals surface area (Å²) in [7, 11) is 0. The number of rotatable bonds is 7. The molecule has 1 N–H and O–H groups in total. The van der Waals surface area contributed by atoms with Crippen molar-refractivity contribution in [2.24, 2.45) is 0 Å². The predicted molar refractivity (Wildman–Crippen MR) is 59.3 cm³/mol.